The molecule has 0 saturated carbocycles. The molecule has 32 heavy (non-hydrogen) atoms. The van der Waals surface area contributed by atoms with Crippen molar-refractivity contribution in [1.82, 2.24) is 10.6 Å². The molecule has 2 aliphatic heterocycles. The first kappa shape index (κ1) is 21.7. The Morgan fingerprint density at radius 3 is 2.78 bits per heavy atom. The molecule has 4 rings (SSSR count). The standard InChI is InChI=1S/C23H27N3O6/c1-3-14(2)21(23(29)24-11-17-5-4-8-30-17)25-22(28)15-9-20(27)26(12-15)16-6-7-18-19(10-16)32-13-31-18/h4-8,10,14-15,21H,3,9,11-13H2,1-2H3,(H,24,29)(H,25,28)/t14-,15+,21-/m0/s1. The highest BCUT2D eigenvalue weighted by Crippen LogP contribution is 2.37. The first-order valence-corrected chi connectivity index (χ1v) is 10.8. The van der Waals surface area contributed by atoms with Crippen LogP contribution in [-0.4, -0.2) is 37.1 Å². The highest BCUT2D eigenvalue weighted by atomic mass is 16.7. The van der Waals surface area contributed by atoms with Gasteiger partial charge in [0.2, 0.25) is 24.5 Å². The number of nitrogens with zero attached hydrogens (tertiary/aromatic N) is 1. The van der Waals surface area contributed by atoms with Gasteiger partial charge in [-0.2, -0.15) is 0 Å². The van der Waals surface area contributed by atoms with Gasteiger partial charge >= 0.3 is 0 Å². The van der Waals surface area contributed by atoms with Crippen LogP contribution >= 0.6 is 0 Å². The maximum Gasteiger partial charge on any atom is 0.243 e. The Bertz CT molecular complexity index is 990. The molecule has 170 valence electrons. The van der Waals surface area contributed by atoms with Gasteiger partial charge in [-0.25, -0.2) is 0 Å². The Kier molecular flexibility index (Phi) is 6.34. The molecule has 0 spiro atoms. The highest BCUT2D eigenvalue weighted by Gasteiger charge is 2.37. The van der Waals surface area contributed by atoms with Crippen molar-refractivity contribution in [1.29, 1.82) is 0 Å². The van der Waals surface area contributed by atoms with Crippen molar-refractivity contribution >= 4 is 23.4 Å². The number of hydrogen-bond donors (Lipinski definition) is 2. The van der Waals surface area contributed by atoms with Gasteiger partial charge in [-0.05, 0) is 30.2 Å². The fourth-order valence-electron chi connectivity index (χ4n) is 3.86. The first-order valence-electron chi connectivity index (χ1n) is 10.8. The zero-order chi connectivity index (χ0) is 22.7. The average Bonchev–Trinajstić information content (AvgIpc) is 3.55. The molecule has 9 nitrogen and oxygen atoms in total. The van der Waals surface area contributed by atoms with Crippen molar-refractivity contribution in [3.63, 3.8) is 0 Å². The summed E-state index contributed by atoms with van der Waals surface area (Å²) in [6.07, 6.45) is 2.34. The maximum atomic E-state index is 13.0. The minimum absolute atomic E-state index is 0.0716. The minimum Gasteiger partial charge on any atom is -0.467 e. The van der Waals surface area contributed by atoms with Gasteiger partial charge in [-0.1, -0.05) is 20.3 Å². The molecular formula is C23H27N3O6. The Balaban J connectivity index is 1.39. The largest absolute Gasteiger partial charge is 0.467 e. The lowest BCUT2D eigenvalue weighted by atomic mass is 9.97. The molecule has 2 aliphatic rings. The zero-order valence-electron chi connectivity index (χ0n) is 18.1. The summed E-state index contributed by atoms with van der Waals surface area (Å²) in [6.45, 7) is 4.51. The smallest absolute Gasteiger partial charge is 0.243 e. The molecule has 2 N–H and O–H groups in total. The van der Waals surface area contributed by atoms with Crippen LogP contribution in [-0.2, 0) is 20.9 Å². The molecule has 1 aromatic carbocycles. The molecule has 2 aromatic rings. The third kappa shape index (κ3) is 4.56. The molecule has 0 unspecified atom stereocenters. The topological polar surface area (TPSA) is 110 Å². The van der Waals surface area contributed by atoms with Crippen LogP contribution in [0.25, 0.3) is 0 Å². The number of carbonyl (C=O) groups is 3. The van der Waals surface area contributed by atoms with Crippen LogP contribution in [0.5, 0.6) is 11.5 Å². The second-order valence-electron chi connectivity index (χ2n) is 8.11. The third-order valence-corrected chi connectivity index (χ3v) is 5.97. The summed E-state index contributed by atoms with van der Waals surface area (Å²) >= 11 is 0. The molecule has 3 amide bonds. The average molecular weight is 441 g/mol. The molecule has 0 aliphatic carbocycles. The van der Waals surface area contributed by atoms with E-state index in [-0.39, 0.29) is 49.9 Å². The van der Waals surface area contributed by atoms with E-state index in [4.69, 9.17) is 13.9 Å². The molecule has 0 radical (unpaired) electrons. The van der Waals surface area contributed by atoms with E-state index in [0.29, 0.717) is 29.4 Å². The second-order valence-corrected chi connectivity index (χ2v) is 8.11. The first-order chi connectivity index (χ1) is 15.5. The van der Waals surface area contributed by atoms with Crippen LogP contribution in [0, 0.1) is 11.8 Å². The van der Waals surface area contributed by atoms with Gasteiger partial charge in [-0.3, -0.25) is 14.4 Å². The Labute approximate surface area is 186 Å². The molecular weight excluding hydrogens is 414 g/mol. The highest BCUT2D eigenvalue weighted by molar-refractivity contribution is 6.01. The maximum absolute atomic E-state index is 13.0. The molecule has 3 heterocycles. The predicted molar refractivity (Wildman–Crippen MR) is 115 cm³/mol. The van der Waals surface area contributed by atoms with E-state index in [9.17, 15) is 14.4 Å². The summed E-state index contributed by atoms with van der Waals surface area (Å²) in [5.41, 5.74) is 0.657. The quantitative estimate of drug-likeness (QED) is 0.650. The predicted octanol–water partition coefficient (Wildman–Crippen LogP) is 2.21. The van der Waals surface area contributed by atoms with Gasteiger partial charge in [0.1, 0.15) is 11.8 Å². The number of rotatable bonds is 8. The van der Waals surface area contributed by atoms with Gasteiger partial charge < -0.3 is 29.4 Å². The normalized spacial score (nSPS) is 19.0. The summed E-state index contributed by atoms with van der Waals surface area (Å²) < 4.78 is 15.9. The van der Waals surface area contributed by atoms with Crippen LogP contribution in [0.4, 0.5) is 5.69 Å². The second kappa shape index (κ2) is 9.33. The van der Waals surface area contributed by atoms with E-state index in [1.807, 2.05) is 13.8 Å². The van der Waals surface area contributed by atoms with Crippen molar-refractivity contribution in [3.8, 4) is 11.5 Å². The summed E-state index contributed by atoms with van der Waals surface area (Å²) in [7, 11) is 0. The fraction of sp³-hybridized carbons (Fsp3) is 0.435. The monoisotopic (exact) mass is 441 g/mol. The molecule has 3 atom stereocenters. The number of furan rings is 1. The number of carbonyl (C=O) groups excluding carboxylic acids is 3. The van der Waals surface area contributed by atoms with Gasteiger partial charge in [0, 0.05) is 24.7 Å². The lowest BCUT2D eigenvalue weighted by molar-refractivity contribution is -0.132. The van der Waals surface area contributed by atoms with Gasteiger partial charge in [-0.15, -0.1) is 0 Å². The van der Waals surface area contributed by atoms with Crippen molar-refractivity contribution in [2.75, 3.05) is 18.2 Å². The number of fused-ring (bicyclic) bond motifs is 1. The van der Waals surface area contributed by atoms with E-state index in [1.54, 1.807) is 41.5 Å². The van der Waals surface area contributed by atoms with Crippen molar-refractivity contribution in [2.45, 2.75) is 39.3 Å². The molecule has 1 aromatic heterocycles. The van der Waals surface area contributed by atoms with Crippen LogP contribution < -0.4 is 25.0 Å². The van der Waals surface area contributed by atoms with E-state index in [1.165, 1.54) is 0 Å². The Morgan fingerprint density at radius 2 is 2.03 bits per heavy atom. The number of hydrogen-bond acceptors (Lipinski definition) is 6. The van der Waals surface area contributed by atoms with Crippen LogP contribution in [0.3, 0.4) is 0 Å². The number of amides is 3. The van der Waals surface area contributed by atoms with E-state index in [2.05, 4.69) is 10.6 Å². The van der Waals surface area contributed by atoms with Crippen LogP contribution in [0.2, 0.25) is 0 Å². The number of ether oxygens (including phenoxy) is 2. The lowest BCUT2D eigenvalue weighted by Crippen LogP contribution is -2.51. The molecule has 1 saturated heterocycles. The minimum atomic E-state index is -0.697. The van der Waals surface area contributed by atoms with Crippen LogP contribution in [0.15, 0.2) is 41.0 Å². The summed E-state index contributed by atoms with van der Waals surface area (Å²) in [6, 6.07) is 8.09. The lowest BCUT2D eigenvalue weighted by Gasteiger charge is -2.25. The van der Waals surface area contributed by atoms with Crippen molar-refractivity contribution < 1.29 is 28.3 Å². The fourth-order valence-corrected chi connectivity index (χ4v) is 3.86. The van der Waals surface area contributed by atoms with Gasteiger partial charge in [0.05, 0.1) is 18.7 Å². The van der Waals surface area contributed by atoms with E-state index >= 15 is 0 Å². The number of nitrogens with one attached hydrogen (secondary N) is 2. The Hall–Kier alpha value is -3.49. The number of anilines is 1. The molecule has 9 heteroatoms. The van der Waals surface area contributed by atoms with Crippen molar-refractivity contribution in [3.05, 3.63) is 42.4 Å². The Morgan fingerprint density at radius 1 is 1.22 bits per heavy atom. The van der Waals surface area contributed by atoms with Crippen molar-refractivity contribution in [2.24, 2.45) is 11.8 Å². The van der Waals surface area contributed by atoms with E-state index < -0.39 is 12.0 Å². The molecule has 1 fully saturated rings. The summed E-state index contributed by atoms with van der Waals surface area (Å²) in [5, 5.41) is 5.68. The summed E-state index contributed by atoms with van der Waals surface area (Å²) in [4.78, 5) is 40.0. The summed E-state index contributed by atoms with van der Waals surface area (Å²) in [5.74, 6) is 0.496. The number of benzene rings is 1. The van der Waals surface area contributed by atoms with E-state index in [0.717, 1.165) is 0 Å². The zero-order valence-corrected chi connectivity index (χ0v) is 18.1. The SMILES string of the molecule is CC[C@H](C)[C@H](NC(=O)[C@@H]1CC(=O)N(c2ccc3c(c2)OCO3)C1)C(=O)NCc1ccco1. The van der Waals surface area contributed by atoms with Gasteiger partial charge in [0.25, 0.3) is 0 Å². The van der Waals surface area contributed by atoms with Gasteiger partial charge in [0.15, 0.2) is 11.5 Å². The van der Waals surface area contributed by atoms with Crippen LogP contribution in [0.1, 0.15) is 32.4 Å². The third-order valence-electron chi connectivity index (χ3n) is 5.97. The molecule has 0 bridgehead atoms.